The number of benzene rings is 1. The molecule has 1 N–H and O–H groups in total. The molecule has 0 aliphatic heterocycles. The molecule has 0 aromatic heterocycles. The molecule has 0 fully saturated rings. The maximum absolute atomic E-state index is 11.7. The smallest absolute Gasteiger partial charge is 0.317 e. The van der Waals surface area contributed by atoms with Crippen LogP contribution in [0, 0.1) is 6.92 Å². The summed E-state index contributed by atoms with van der Waals surface area (Å²) in [5.74, 6) is 0. The third-order valence-corrected chi connectivity index (χ3v) is 2.58. The molecular weight excluding hydrogens is 200 g/mol. The lowest BCUT2D eigenvalue weighted by molar-refractivity contribution is 0.203. The first-order valence-corrected chi connectivity index (χ1v) is 5.75. The highest BCUT2D eigenvalue weighted by Crippen LogP contribution is 2.03. The van der Waals surface area contributed by atoms with E-state index >= 15 is 0 Å². The minimum absolute atomic E-state index is 0.00602. The second-order valence-electron chi connectivity index (χ2n) is 3.82. The number of rotatable bonds is 4. The number of carbonyl (C=O) groups is 1. The summed E-state index contributed by atoms with van der Waals surface area (Å²) < 4.78 is 0. The van der Waals surface area contributed by atoms with Crippen LogP contribution in [0.1, 0.15) is 25.0 Å². The fourth-order valence-corrected chi connectivity index (χ4v) is 1.62. The number of nitrogens with zero attached hydrogens (tertiary/aromatic N) is 1. The largest absolute Gasteiger partial charge is 0.334 e. The molecule has 1 aromatic carbocycles. The molecule has 3 heteroatoms. The lowest BCUT2D eigenvalue weighted by Gasteiger charge is -2.19. The number of hydrogen-bond donors (Lipinski definition) is 1. The molecule has 1 aromatic rings. The van der Waals surface area contributed by atoms with Crippen LogP contribution in [0.15, 0.2) is 24.3 Å². The second-order valence-corrected chi connectivity index (χ2v) is 3.82. The quantitative estimate of drug-likeness (QED) is 0.831. The zero-order valence-electron chi connectivity index (χ0n) is 10.3. The van der Waals surface area contributed by atoms with Gasteiger partial charge < -0.3 is 10.2 Å². The van der Waals surface area contributed by atoms with Crippen LogP contribution in [0.2, 0.25) is 0 Å². The van der Waals surface area contributed by atoms with Gasteiger partial charge in [-0.15, -0.1) is 0 Å². The summed E-state index contributed by atoms with van der Waals surface area (Å²) in [6.07, 6.45) is 0. The van der Waals surface area contributed by atoms with Crippen molar-refractivity contribution < 1.29 is 4.79 Å². The zero-order valence-corrected chi connectivity index (χ0v) is 10.3. The monoisotopic (exact) mass is 220 g/mol. The van der Waals surface area contributed by atoms with E-state index in [1.165, 1.54) is 5.56 Å². The van der Waals surface area contributed by atoms with Crippen LogP contribution in [-0.2, 0) is 6.54 Å². The predicted octanol–water partition coefficient (Wildman–Crippen LogP) is 2.55. The van der Waals surface area contributed by atoms with Crippen molar-refractivity contribution in [1.29, 1.82) is 0 Å². The first-order chi connectivity index (χ1) is 7.67. The average Bonchev–Trinajstić information content (AvgIpc) is 2.28. The van der Waals surface area contributed by atoms with Crippen molar-refractivity contribution in [2.45, 2.75) is 27.3 Å². The Hall–Kier alpha value is -1.51. The van der Waals surface area contributed by atoms with Gasteiger partial charge in [-0.3, -0.25) is 0 Å². The number of carbonyl (C=O) groups excluding carboxylic acids is 1. The number of nitrogens with one attached hydrogen (secondary N) is 1. The van der Waals surface area contributed by atoms with Crippen LogP contribution < -0.4 is 5.32 Å². The van der Waals surface area contributed by atoms with E-state index in [-0.39, 0.29) is 6.03 Å². The van der Waals surface area contributed by atoms with Gasteiger partial charge in [0.2, 0.25) is 0 Å². The maximum Gasteiger partial charge on any atom is 0.317 e. The molecule has 16 heavy (non-hydrogen) atoms. The Morgan fingerprint density at radius 2 is 2.00 bits per heavy atom. The Morgan fingerprint density at radius 3 is 2.56 bits per heavy atom. The van der Waals surface area contributed by atoms with Gasteiger partial charge in [-0.2, -0.15) is 0 Å². The van der Waals surface area contributed by atoms with Crippen molar-refractivity contribution >= 4 is 6.03 Å². The predicted molar refractivity (Wildman–Crippen MR) is 66.3 cm³/mol. The highest BCUT2D eigenvalue weighted by Gasteiger charge is 2.07. The van der Waals surface area contributed by atoms with Crippen LogP contribution in [0.5, 0.6) is 0 Å². The summed E-state index contributed by atoms with van der Waals surface area (Å²) in [5.41, 5.74) is 2.36. The molecule has 2 amide bonds. The zero-order chi connectivity index (χ0) is 12.0. The molecule has 0 heterocycles. The molecule has 0 radical (unpaired) electrons. The Morgan fingerprint density at radius 1 is 1.31 bits per heavy atom. The Balaban J connectivity index is 2.48. The third-order valence-electron chi connectivity index (χ3n) is 2.58. The van der Waals surface area contributed by atoms with Gasteiger partial charge in [0, 0.05) is 19.6 Å². The highest BCUT2D eigenvalue weighted by atomic mass is 16.2. The van der Waals surface area contributed by atoms with Crippen molar-refractivity contribution in [3.63, 3.8) is 0 Å². The van der Waals surface area contributed by atoms with Crippen LogP contribution in [0.3, 0.4) is 0 Å². The Labute approximate surface area is 97.5 Å². The van der Waals surface area contributed by atoms with E-state index in [1.54, 1.807) is 4.90 Å². The molecule has 88 valence electrons. The van der Waals surface area contributed by atoms with Gasteiger partial charge in [-0.25, -0.2) is 4.79 Å². The first-order valence-electron chi connectivity index (χ1n) is 5.75. The number of aryl methyl sites for hydroxylation is 1. The topological polar surface area (TPSA) is 32.3 Å². The molecule has 0 unspecified atom stereocenters. The van der Waals surface area contributed by atoms with E-state index in [0.717, 1.165) is 18.7 Å². The summed E-state index contributed by atoms with van der Waals surface area (Å²) in [5, 5.41) is 2.92. The van der Waals surface area contributed by atoms with E-state index in [4.69, 9.17) is 0 Å². The van der Waals surface area contributed by atoms with Gasteiger partial charge >= 0.3 is 6.03 Å². The van der Waals surface area contributed by atoms with Crippen molar-refractivity contribution in [3.05, 3.63) is 35.4 Å². The van der Waals surface area contributed by atoms with Crippen LogP contribution >= 0.6 is 0 Å². The van der Waals surface area contributed by atoms with E-state index < -0.39 is 0 Å². The first kappa shape index (κ1) is 12.6. The van der Waals surface area contributed by atoms with Gasteiger partial charge in [-0.1, -0.05) is 29.8 Å². The molecule has 0 aliphatic rings. The molecule has 3 nitrogen and oxygen atoms in total. The summed E-state index contributed by atoms with van der Waals surface area (Å²) in [6, 6.07) is 8.17. The molecule has 1 rings (SSSR count). The molecule has 0 saturated heterocycles. The van der Waals surface area contributed by atoms with E-state index in [0.29, 0.717) is 6.54 Å². The number of amides is 2. The van der Waals surface area contributed by atoms with Gasteiger partial charge in [0.1, 0.15) is 0 Å². The normalized spacial score (nSPS) is 9.94. The molecule has 0 atom stereocenters. The summed E-state index contributed by atoms with van der Waals surface area (Å²) in [7, 11) is 0. The molecule has 0 bridgehead atoms. The molecule has 0 saturated carbocycles. The summed E-state index contributed by atoms with van der Waals surface area (Å²) >= 11 is 0. The lowest BCUT2D eigenvalue weighted by Crippen LogP contribution is -2.39. The van der Waals surface area contributed by atoms with Crippen LogP contribution in [0.25, 0.3) is 0 Å². The van der Waals surface area contributed by atoms with Crippen molar-refractivity contribution in [2.75, 3.05) is 13.1 Å². The van der Waals surface area contributed by atoms with Gasteiger partial charge in [-0.05, 0) is 26.3 Å². The SMILES string of the molecule is CCN(CC)C(=O)NCc1cccc(C)c1. The van der Waals surface area contributed by atoms with E-state index in [9.17, 15) is 4.79 Å². The summed E-state index contributed by atoms with van der Waals surface area (Å²) in [4.78, 5) is 13.5. The fourth-order valence-electron chi connectivity index (χ4n) is 1.62. The Kier molecular flexibility index (Phi) is 4.83. The van der Waals surface area contributed by atoms with Gasteiger partial charge in [0.25, 0.3) is 0 Å². The van der Waals surface area contributed by atoms with Gasteiger partial charge in [0.15, 0.2) is 0 Å². The second kappa shape index (κ2) is 6.16. The van der Waals surface area contributed by atoms with Gasteiger partial charge in [0.05, 0.1) is 0 Å². The minimum atomic E-state index is 0.00602. The lowest BCUT2D eigenvalue weighted by atomic mass is 10.1. The third kappa shape index (κ3) is 3.57. The van der Waals surface area contributed by atoms with E-state index in [1.807, 2.05) is 26.0 Å². The van der Waals surface area contributed by atoms with Crippen molar-refractivity contribution in [1.82, 2.24) is 10.2 Å². The van der Waals surface area contributed by atoms with Crippen LogP contribution in [-0.4, -0.2) is 24.0 Å². The van der Waals surface area contributed by atoms with E-state index in [2.05, 4.69) is 24.4 Å². The van der Waals surface area contributed by atoms with Crippen LogP contribution in [0.4, 0.5) is 4.79 Å². The van der Waals surface area contributed by atoms with Crippen molar-refractivity contribution in [2.24, 2.45) is 0 Å². The standard InChI is InChI=1S/C13H20N2O/c1-4-15(5-2)13(16)14-10-12-8-6-7-11(3)9-12/h6-9H,4-5,10H2,1-3H3,(H,14,16). The Bertz CT molecular complexity index is 346. The number of urea groups is 1. The molecular formula is C13H20N2O. The minimum Gasteiger partial charge on any atom is -0.334 e. The average molecular weight is 220 g/mol. The summed E-state index contributed by atoms with van der Waals surface area (Å²) in [6.45, 7) is 8.10. The highest BCUT2D eigenvalue weighted by molar-refractivity contribution is 5.74. The van der Waals surface area contributed by atoms with Crippen molar-refractivity contribution in [3.8, 4) is 0 Å². The molecule has 0 aliphatic carbocycles. The molecule has 0 spiro atoms. The maximum atomic E-state index is 11.7. The fraction of sp³-hybridized carbons (Fsp3) is 0.462. The number of hydrogen-bond acceptors (Lipinski definition) is 1.